The molecule has 1 saturated heterocycles. The van der Waals surface area contributed by atoms with Gasteiger partial charge < -0.3 is 9.30 Å². The predicted molar refractivity (Wildman–Crippen MR) is 132 cm³/mol. The van der Waals surface area contributed by atoms with E-state index in [1.54, 1.807) is 18.2 Å². The summed E-state index contributed by atoms with van der Waals surface area (Å²) in [5.41, 5.74) is 4.99. The Labute approximate surface area is 204 Å². The molecule has 1 fully saturated rings. The number of amides is 2. The van der Waals surface area contributed by atoms with Crippen molar-refractivity contribution < 1.29 is 19.1 Å². The summed E-state index contributed by atoms with van der Waals surface area (Å²) in [4.78, 5) is 38.9. The molecule has 0 bridgehead atoms. The Bertz CT molecular complexity index is 1290. The van der Waals surface area contributed by atoms with Gasteiger partial charge in [-0.15, -0.1) is 0 Å². The topological polar surface area (TPSA) is 68.6 Å². The monoisotopic (exact) mass is 524 g/mol. The number of halogens is 1. The van der Waals surface area contributed by atoms with E-state index in [2.05, 4.69) is 15.9 Å². The van der Waals surface area contributed by atoms with Crippen LogP contribution in [-0.4, -0.2) is 33.7 Å². The molecule has 0 aliphatic carbocycles. The van der Waals surface area contributed by atoms with E-state index < -0.39 is 0 Å². The van der Waals surface area contributed by atoms with Gasteiger partial charge in [-0.25, -0.2) is 4.79 Å². The maximum Gasteiger partial charge on any atom is 0.337 e. The first-order valence-corrected chi connectivity index (χ1v) is 11.8. The van der Waals surface area contributed by atoms with Crippen molar-refractivity contribution >= 4 is 50.9 Å². The van der Waals surface area contributed by atoms with Gasteiger partial charge in [0.25, 0.3) is 11.1 Å². The van der Waals surface area contributed by atoms with Crippen molar-refractivity contribution in [3.63, 3.8) is 0 Å². The third kappa shape index (κ3) is 4.54. The zero-order valence-corrected chi connectivity index (χ0v) is 20.7. The number of hydrogen-bond donors (Lipinski definition) is 0. The van der Waals surface area contributed by atoms with Gasteiger partial charge in [0.15, 0.2) is 0 Å². The van der Waals surface area contributed by atoms with E-state index in [1.165, 1.54) is 12.0 Å². The maximum absolute atomic E-state index is 13.0. The zero-order valence-electron chi connectivity index (χ0n) is 18.3. The number of ether oxygens (including phenoxy) is 1. The van der Waals surface area contributed by atoms with E-state index in [1.807, 2.05) is 60.9 Å². The molecule has 1 aliphatic rings. The number of aromatic nitrogens is 1. The second-order valence-corrected chi connectivity index (χ2v) is 9.41. The summed E-state index contributed by atoms with van der Waals surface area (Å²) in [6.07, 6.45) is 1.77. The molecule has 2 amide bonds. The van der Waals surface area contributed by atoms with Gasteiger partial charge in [0, 0.05) is 21.5 Å². The van der Waals surface area contributed by atoms with Gasteiger partial charge in [-0.05, 0) is 79.2 Å². The molecule has 168 valence electrons. The standard InChI is InChI=1S/C25H21BrN2O4S/c1-15-12-19(16(2)28(15)20-10-8-17(9-11-20)24(30)32-3)13-22-23(29)27(25(31)33-22)14-18-6-4-5-7-21(18)26/h4-13H,14H2,1-3H3/b22-13-. The van der Waals surface area contributed by atoms with Crippen LogP contribution in [0.4, 0.5) is 4.79 Å². The lowest BCUT2D eigenvalue weighted by Gasteiger charge is -2.13. The Morgan fingerprint density at radius 2 is 1.79 bits per heavy atom. The van der Waals surface area contributed by atoms with E-state index >= 15 is 0 Å². The van der Waals surface area contributed by atoms with Crippen molar-refractivity contribution in [2.75, 3.05) is 7.11 Å². The van der Waals surface area contributed by atoms with Crippen LogP contribution >= 0.6 is 27.7 Å². The van der Waals surface area contributed by atoms with E-state index in [4.69, 9.17) is 4.74 Å². The molecule has 0 saturated carbocycles. The van der Waals surface area contributed by atoms with Crippen molar-refractivity contribution in [3.05, 3.63) is 92.1 Å². The highest BCUT2D eigenvalue weighted by molar-refractivity contribution is 9.10. The summed E-state index contributed by atoms with van der Waals surface area (Å²) in [5, 5.41) is -0.283. The number of methoxy groups -OCH3 is 1. The van der Waals surface area contributed by atoms with E-state index in [-0.39, 0.29) is 23.7 Å². The van der Waals surface area contributed by atoms with E-state index in [0.717, 1.165) is 44.4 Å². The summed E-state index contributed by atoms with van der Waals surface area (Å²) >= 11 is 4.42. The molecule has 1 aliphatic heterocycles. The Balaban J connectivity index is 1.61. The minimum atomic E-state index is -0.388. The van der Waals surface area contributed by atoms with Gasteiger partial charge in [0.05, 0.1) is 24.1 Å². The van der Waals surface area contributed by atoms with Crippen molar-refractivity contribution in [1.82, 2.24) is 9.47 Å². The maximum atomic E-state index is 13.0. The third-order valence-electron chi connectivity index (χ3n) is 5.46. The van der Waals surface area contributed by atoms with Crippen molar-refractivity contribution in [2.24, 2.45) is 0 Å². The van der Waals surface area contributed by atoms with Crippen LogP contribution in [0, 0.1) is 13.8 Å². The number of hydrogen-bond acceptors (Lipinski definition) is 5. The molecule has 4 rings (SSSR count). The lowest BCUT2D eigenvalue weighted by atomic mass is 10.2. The second kappa shape index (κ2) is 9.41. The summed E-state index contributed by atoms with van der Waals surface area (Å²) in [6.45, 7) is 4.14. The number of nitrogens with zero attached hydrogens (tertiary/aromatic N) is 2. The minimum absolute atomic E-state index is 0.217. The average molecular weight is 525 g/mol. The van der Waals surface area contributed by atoms with Crippen molar-refractivity contribution in [1.29, 1.82) is 0 Å². The van der Waals surface area contributed by atoms with Crippen molar-refractivity contribution in [2.45, 2.75) is 20.4 Å². The largest absolute Gasteiger partial charge is 0.465 e. The Hall–Kier alpha value is -3.10. The number of thioether (sulfide) groups is 1. The van der Waals surface area contributed by atoms with Crippen LogP contribution < -0.4 is 0 Å². The number of carbonyl (C=O) groups is 3. The van der Waals surface area contributed by atoms with Crippen LogP contribution in [0.1, 0.15) is 32.9 Å². The fourth-order valence-electron chi connectivity index (χ4n) is 3.77. The van der Waals surface area contributed by atoms with E-state index in [9.17, 15) is 14.4 Å². The Morgan fingerprint density at radius 3 is 2.45 bits per heavy atom. The third-order valence-corrected chi connectivity index (χ3v) is 7.14. The number of rotatable bonds is 5. The SMILES string of the molecule is COC(=O)c1ccc(-n2c(C)cc(/C=C3\SC(=O)N(Cc4ccccc4Br)C3=O)c2C)cc1. The minimum Gasteiger partial charge on any atom is -0.465 e. The van der Waals surface area contributed by atoms with Crippen LogP contribution in [0.5, 0.6) is 0 Å². The second-order valence-electron chi connectivity index (χ2n) is 7.56. The van der Waals surface area contributed by atoms with Gasteiger partial charge in [-0.1, -0.05) is 34.1 Å². The van der Waals surface area contributed by atoms with Gasteiger partial charge in [0.2, 0.25) is 0 Å². The molecule has 2 aromatic carbocycles. The highest BCUT2D eigenvalue weighted by Gasteiger charge is 2.35. The first kappa shape index (κ1) is 23.1. The molecular weight excluding hydrogens is 504 g/mol. The van der Waals surface area contributed by atoms with Gasteiger partial charge >= 0.3 is 5.97 Å². The average Bonchev–Trinajstić information content (AvgIpc) is 3.23. The first-order valence-electron chi connectivity index (χ1n) is 10.2. The molecule has 0 N–H and O–H groups in total. The molecule has 6 nitrogen and oxygen atoms in total. The smallest absolute Gasteiger partial charge is 0.337 e. The predicted octanol–water partition coefficient (Wildman–Crippen LogP) is 5.88. The van der Waals surface area contributed by atoms with Crippen LogP contribution in [0.15, 0.2) is 64.0 Å². The van der Waals surface area contributed by atoms with Gasteiger partial charge in [0.1, 0.15) is 0 Å². The molecule has 0 atom stereocenters. The van der Waals surface area contributed by atoms with Crippen LogP contribution in [0.2, 0.25) is 0 Å². The molecule has 0 spiro atoms. The quantitative estimate of drug-likeness (QED) is 0.308. The summed E-state index contributed by atoms with van der Waals surface area (Å²) < 4.78 is 7.65. The fourth-order valence-corrected chi connectivity index (χ4v) is 5.01. The highest BCUT2D eigenvalue weighted by atomic mass is 79.9. The Morgan fingerprint density at radius 1 is 1.09 bits per heavy atom. The van der Waals surface area contributed by atoms with Gasteiger partial charge in [-0.3, -0.25) is 14.5 Å². The number of carbonyl (C=O) groups excluding carboxylic acids is 3. The number of imide groups is 1. The molecule has 0 unspecified atom stereocenters. The molecule has 33 heavy (non-hydrogen) atoms. The number of aryl methyl sites for hydroxylation is 1. The molecular formula is C25H21BrN2O4S. The molecule has 2 heterocycles. The van der Waals surface area contributed by atoms with Crippen LogP contribution in [0.3, 0.4) is 0 Å². The zero-order chi connectivity index (χ0) is 23.7. The fraction of sp³-hybridized carbons (Fsp3) is 0.160. The number of esters is 1. The number of benzene rings is 2. The highest BCUT2D eigenvalue weighted by Crippen LogP contribution is 2.35. The normalized spacial score (nSPS) is 14.9. The summed E-state index contributed by atoms with van der Waals surface area (Å²) in [7, 11) is 1.35. The Kier molecular flexibility index (Phi) is 6.58. The van der Waals surface area contributed by atoms with Crippen molar-refractivity contribution in [3.8, 4) is 5.69 Å². The lowest BCUT2D eigenvalue weighted by Crippen LogP contribution is -2.27. The molecule has 3 aromatic rings. The molecule has 0 radical (unpaired) electrons. The molecule has 8 heteroatoms. The molecule has 1 aromatic heterocycles. The summed E-state index contributed by atoms with van der Waals surface area (Å²) in [6, 6.07) is 16.6. The first-order chi connectivity index (χ1) is 15.8. The lowest BCUT2D eigenvalue weighted by molar-refractivity contribution is -0.123. The summed E-state index contributed by atoms with van der Waals surface area (Å²) in [5.74, 6) is -0.686. The van der Waals surface area contributed by atoms with Gasteiger partial charge in [-0.2, -0.15) is 0 Å². The van der Waals surface area contributed by atoms with Crippen LogP contribution in [0.25, 0.3) is 11.8 Å². The van der Waals surface area contributed by atoms with E-state index in [0.29, 0.717) is 10.5 Å². The van der Waals surface area contributed by atoms with Crippen LogP contribution in [-0.2, 0) is 16.1 Å².